The molecule has 11 heavy (non-hydrogen) atoms. The first-order chi connectivity index (χ1) is 5.25. The number of pyridine rings is 1. The molecule has 4 N–H and O–H groups in total. The molecule has 4 nitrogen and oxygen atoms in total. The number of rotatable bonds is 1. The third kappa shape index (κ3) is 1.40. The minimum absolute atomic E-state index is 0.188. The second-order valence-electron chi connectivity index (χ2n) is 2.00. The van der Waals surface area contributed by atoms with Crippen LogP contribution in [0.5, 0.6) is 0 Å². The topological polar surface area (TPSA) is 74.0 Å². The normalized spacial score (nSPS) is 11.5. The first kappa shape index (κ1) is 7.40. The minimum atomic E-state index is -0.188. The largest absolute Gasteiger partial charge is 0.402 e. The lowest BCUT2D eigenvalue weighted by atomic mass is 10.5. The van der Waals surface area contributed by atoms with Gasteiger partial charge in [-0.15, -0.1) is 0 Å². The maximum Gasteiger partial charge on any atom is 0.256 e. The van der Waals surface area contributed by atoms with E-state index in [2.05, 4.69) is 0 Å². The fourth-order valence-electron chi connectivity index (χ4n) is 0.721. The lowest BCUT2D eigenvalue weighted by molar-refractivity contribution is 0.990. The van der Waals surface area contributed by atoms with E-state index in [0.717, 1.165) is 0 Å². The van der Waals surface area contributed by atoms with Crippen LogP contribution in [-0.4, -0.2) is 4.57 Å². The highest BCUT2D eigenvalue weighted by atomic mass is 16.1. The van der Waals surface area contributed by atoms with E-state index < -0.39 is 0 Å². The summed E-state index contributed by atoms with van der Waals surface area (Å²) in [6.07, 6.45) is 2.74. The Bertz CT molecular complexity index is 326. The highest BCUT2D eigenvalue weighted by molar-refractivity contribution is 5.38. The zero-order valence-corrected chi connectivity index (χ0v) is 5.90. The molecule has 0 fully saturated rings. The highest BCUT2D eigenvalue weighted by Crippen LogP contribution is 1.87. The molecule has 0 atom stereocenters. The predicted molar refractivity (Wildman–Crippen MR) is 43.3 cm³/mol. The van der Waals surface area contributed by atoms with Gasteiger partial charge in [0.1, 0.15) is 5.82 Å². The second kappa shape index (κ2) is 2.92. The highest BCUT2D eigenvalue weighted by Gasteiger charge is 1.93. The number of nitrogens with zero attached hydrogens (tertiary/aromatic N) is 1. The molecule has 1 aromatic heterocycles. The second-order valence-corrected chi connectivity index (χ2v) is 2.00. The van der Waals surface area contributed by atoms with E-state index in [9.17, 15) is 4.79 Å². The molecular weight excluding hydrogens is 142 g/mol. The molecule has 4 heteroatoms. The van der Waals surface area contributed by atoms with Gasteiger partial charge in [-0.1, -0.05) is 6.07 Å². The van der Waals surface area contributed by atoms with Crippen molar-refractivity contribution in [1.82, 2.24) is 4.57 Å². The van der Waals surface area contributed by atoms with Crippen molar-refractivity contribution in [3.8, 4) is 0 Å². The van der Waals surface area contributed by atoms with Gasteiger partial charge in [-0.25, -0.2) is 0 Å². The Kier molecular flexibility index (Phi) is 1.96. The van der Waals surface area contributed by atoms with Crippen LogP contribution in [0.1, 0.15) is 0 Å². The number of aromatic nitrogens is 1. The van der Waals surface area contributed by atoms with Gasteiger partial charge in [0.05, 0.1) is 0 Å². The molecule has 1 rings (SSSR count). The van der Waals surface area contributed by atoms with E-state index >= 15 is 0 Å². The molecule has 58 valence electrons. The van der Waals surface area contributed by atoms with Gasteiger partial charge in [0.25, 0.3) is 5.56 Å². The SMILES string of the molecule is N/C=C(\N)n1ccccc1=O. The fourth-order valence-corrected chi connectivity index (χ4v) is 0.721. The van der Waals surface area contributed by atoms with Crippen LogP contribution in [0.2, 0.25) is 0 Å². The Morgan fingerprint density at radius 1 is 1.55 bits per heavy atom. The molecule has 0 saturated heterocycles. The molecule has 1 aromatic rings. The van der Waals surface area contributed by atoms with E-state index in [0.29, 0.717) is 0 Å². The van der Waals surface area contributed by atoms with Crippen LogP contribution in [0.15, 0.2) is 35.4 Å². The summed E-state index contributed by atoms with van der Waals surface area (Å²) < 4.78 is 1.26. The maximum absolute atomic E-state index is 11.0. The van der Waals surface area contributed by atoms with Crippen LogP contribution in [0.25, 0.3) is 5.82 Å². The molecule has 0 radical (unpaired) electrons. The first-order valence-corrected chi connectivity index (χ1v) is 3.11. The Morgan fingerprint density at radius 3 is 2.82 bits per heavy atom. The summed E-state index contributed by atoms with van der Waals surface area (Å²) in [5.74, 6) is 0.232. The summed E-state index contributed by atoms with van der Waals surface area (Å²) >= 11 is 0. The van der Waals surface area contributed by atoms with Crippen molar-refractivity contribution in [2.45, 2.75) is 0 Å². The summed E-state index contributed by atoms with van der Waals surface area (Å²) in [6.45, 7) is 0. The molecular formula is C7H9N3O. The maximum atomic E-state index is 11.0. The number of nitrogens with two attached hydrogens (primary N) is 2. The van der Waals surface area contributed by atoms with Gasteiger partial charge in [-0.05, 0) is 6.07 Å². The van der Waals surface area contributed by atoms with Crippen molar-refractivity contribution in [3.63, 3.8) is 0 Å². The van der Waals surface area contributed by atoms with Crippen LogP contribution in [0.4, 0.5) is 0 Å². The summed E-state index contributed by atoms with van der Waals surface area (Å²) in [5, 5.41) is 0. The van der Waals surface area contributed by atoms with Gasteiger partial charge < -0.3 is 11.5 Å². The minimum Gasteiger partial charge on any atom is -0.402 e. The molecule has 0 aliphatic heterocycles. The van der Waals surface area contributed by atoms with E-state index in [4.69, 9.17) is 11.5 Å². The average Bonchev–Trinajstić information content (AvgIpc) is 2.04. The van der Waals surface area contributed by atoms with Gasteiger partial charge in [-0.3, -0.25) is 9.36 Å². The zero-order chi connectivity index (χ0) is 8.27. The summed E-state index contributed by atoms with van der Waals surface area (Å²) in [4.78, 5) is 11.0. The molecule has 0 amide bonds. The monoisotopic (exact) mass is 151 g/mol. The van der Waals surface area contributed by atoms with Crippen molar-refractivity contribution in [2.24, 2.45) is 11.5 Å². The molecule has 0 bridgehead atoms. The molecule has 0 aliphatic rings. The van der Waals surface area contributed by atoms with E-state index in [1.165, 1.54) is 16.8 Å². The molecule has 0 spiro atoms. The smallest absolute Gasteiger partial charge is 0.256 e. The van der Waals surface area contributed by atoms with Gasteiger partial charge >= 0.3 is 0 Å². The average molecular weight is 151 g/mol. The van der Waals surface area contributed by atoms with E-state index in [1.54, 1.807) is 18.3 Å². The number of hydrogen-bond donors (Lipinski definition) is 2. The molecule has 1 heterocycles. The lowest BCUT2D eigenvalue weighted by Gasteiger charge is -2.01. The van der Waals surface area contributed by atoms with E-state index in [-0.39, 0.29) is 11.4 Å². The predicted octanol–water partition coefficient (Wildman–Crippen LogP) is -0.478. The van der Waals surface area contributed by atoms with Crippen LogP contribution in [-0.2, 0) is 0 Å². The van der Waals surface area contributed by atoms with Crippen LogP contribution in [0.3, 0.4) is 0 Å². The van der Waals surface area contributed by atoms with Crippen molar-refractivity contribution >= 4 is 5.82 Å². The summed E-state index contributed by atoms with van der Waals surface area (Å²) in [7, 11) is 0. The van der Waals surface area contributed by atoms with Crippen LogP contribution < -0.4 is 17.0 Å². The molecule has 0 aromatic carbocycles. The Balaban J connectivity index is 3.25. The van der Waals surface area contributed by atoms with Gasteiger partial charge in [-0.2, -0.15) is 0 Å². The summed E-state index contributed by atoms with van der Waals surface area (Å²) in [5.41, 5.74) is 10.3. The van der Waals surface area contributed by atoms with Crippen molar-refractivity contribution in [2.75, 3.05) is 0 Å². The van der Waals surface area contributed by atoms with E-state index in [1.807, 2.05) is 0 Å². The molecule has 0 unspecified atom stereocenters. The van der Waals surface area contributed by atoms with Crippen molar-refractivity contribution in [3.05, 3.63) is 40.9 Å². The Hall–Kier alpha value is -1.71. The van der Waals surface area contributed by atoms with Gasteiger partial charge in [0.2, 0.25) is 0 Å². The standard InChI is InChI=1S/C7H9N3O/c8-5-6(9)10-4-2-1-3-7(10)11/h1-5H,8-9H2/b6-5+. The fraction of sp³-hybridized carbons (Fsp3) is 0. The molecule has 0 saturated carbocycles. The Labute approximate surface area is 63.7 Å². The van der Waals surface area contributed by atoms with Crippen LogP contribution >= 0.6 is 0 Å². The lowest BCUT2D eigenvalue weighted by Crippen LogP contribution is -2.21. The summed E-state index contributed by atoms with van der Waals surface area (Å²) in [6, 6.07) is 4.76. The van der Waals surface area contributed by atoms with Crippen molar-refractivity contribution < 1.29 is 0 Å². The molecule has 0 aliphatic carbocycles. The van der Waals surface area contributed by atoms with Crippen molar-refractivity contribution in [1.29, 1.82) is 0 Å². The van der Waals surface area contributed by atoms with Gasteiger partial charge in [0, 0.05) is 18.5 Å². The third-order valence-corrected chi connectivity index (χ3v) is 1.27. The number of hydrogen-bond acceptors (Lipinski definition) is 3. The first-order valence-electron chi connectivity index (χ1n) is 3.11. The quantitative estimate of drug-likeness (QED) is 0.569. The van der Waals surface area contributed by atoms with Crippen LogP contribution in [0, 0.1) is 0 Å². The third-order valence-electron chi connectivity index (χ3n) is 1.27. The Morgan fingerprint density at radius 2 is 2.27 bits per heavy atom. The zero-order valence-electron chi connectivity index (χ0n) is 5.90. The van der Waals surface area contributed by atoms with Gasteiger partial charge in [0.15, 0.2) is 0 Å².